The maximum absolute atomic E-state index is 12.8. The van der Waals surface area contributed by atoms with Crippen LogP contribution in [0, 0.1) is 6.92 Å². The van der Waals surface area contributed by atoms with Crippen molar-refractivity contribution in [3.63, 3.8) is 0 Å². The standard InChI is InChI=1S/C17H18ClN3O2S/c1-10-13-8-15(24-17(13)21(3)19-10)16(22)20(2)9-11-7-12(18)5-6-14(11)23-4/h5-8H,9H2,1-4H3. The maximum atomic E-state index is 12.8. The summed E-state index contributed by atoms with van der Waals surface area (Å²) in [6.45, 7) is 2.37. The molecular weight excluding hydrogens is 346 g/mol. The number of fused-ring (bicyclic) bond motifs is 1. The molecular formula is C17H18ClN3O2S. The summed E-state index contributed by atoms with van der Waals surface area (Å²) in [5.74, 6) is 0.688. The molecule has 0 aliphatic carbocycles. The van der Waals surface area contributed by atoms with Crippen molar-refractivity contribution in [3.8, 4) is 5.75 Å². The summed E-state index contributed by atoms with van der Waals surface area (Å²) in [7, 11) is 5.27. The predicted octanol–water partition coefficient (Wildman–Crippen LogP) is 3.88. The lowest BCUT2D eigenvalue weighted by Gasteiger charge is -2.18. The van der Waals surface area contributed by atoms with E-state index in [4.69, 9.17) is 16.3 Å². The first kappa shape index (κ1) is 16.8. The van der Waals surface area contributed by atoms with Crippen LogP contribution in [0.5, 0.6) is 5.75 Å². The lowest BCUT2D eigenvalue weighted by molar-refractivity contribution is 0.0789. The van der Waals surface area contributed by atoms with Crippen molar-refractivity contribution in [1.82, 2.24) is 14.7 Å². The smallest absolute Gasteiger partial charge is 0.264 e. The Kier molecular flexibility index (Phi) is 4.51. The summed E-state index contributed by atoms with van der Waals surface area (Å²) in [5.41, 5.74) is 1.81. The Balaban J connectivity index is 1.86. The van der Waals surface area contributed by atoms with Crippen LogP contribution >= 0.6 is 22.9 Å². The van der Waals surface area contributed by atoms with Gasteiger partial charge in [0.05, 0.1) is 17.7 Å². The minimum absolute atomic E-state index is 0.0300. The number of nitrogens with zero attached hydrogens (tertiary/aromatic N) is 3. The molecule has 126 valence electrons. The molecule has 3 rings (SSSR count). The van der Waals surface area contributed by atoms with Crippen LogP contribution in [0.2, 0.25) is 5.02 Å². The quantitative estimate of drug-likeness (QED) is 0.706. The first-order chi connectivity index (χ1) is 11.4. The van der Waals surface area contributed by atoms with E-state index in [1.807, 2.05) is 36.9 Å². The molecule has 0 radical (unpaired) electrons. The van der Waals surface area contributed by atoms with Gasteiger partial charge in [-0.15, -0.1) is 11.3 Å². The Labute approximate surface area is 149 Å². The van der Waals surface area contributed by atoms with Gasteiger partial charge in [0, 0.05) is 36.6 Å². The van der Waals surface area contributed by atoms with Crippen molar-refractivity contribution in [1.29, 1.82) is 0 Å². The maximum Gasteiger partial charge on any atom is 0.264 e. The average Bonchev–Trinajstić information content (AvgIpc) is 3.09. The first-order valence-corrected chi connectivity index (χ1v) is 8.61. The number of aryl methyl sites for hydroxylation is 2. The first-order valence-electron chi connectivity index (χ1n) is 7.41. The van der Waals surface area contributed by atoms with Crippen LogP contribution in [0.4, 0.5) is 0 Å². The number of hydrogen-bond acceptors (Lipinski definition) is 4. The molecule has 0 saturated carbocycles. The summed E-state index contributed by atoms with van der Waals surface area (Å²) in [4.78, 5) is 16.1. The second-order valence-electron chi connectivity index (χ2n) is 5.66. The third-order valence-electron chi connectivity index (χ3n) is 3.90. The highest BCUT2D eigenvalue weighted by Gasteiger charge is 2.19. The van der Waals surface area contributed by atoms with Crippen molar-refractivity contribution in [3.05, 3.63) is 45.4 Å². The molecule has 0 spiro atoms. The number of rotatable bonds is 4. The Morgan fingerprint density at radius 3 is 2.83 bits per heavy atom. The number of carbonyl (C=O) groups excluding carboxylic acids is 1. The molecule has 0 bridgehead atoms. The summed E-state index contributed by atoms with van der Waals surface area (Å²) < 4.78 is 7.16. The van der Waals surface area contributed by atoms with Crippen molar-refractivity contribution in [2.24, 2.45) is 7.05 Å². The van der Waals surface area contributed by atoms with Gasteiger partial charge in [0.1, 0.15) is 10.6 Å². The second-order valence-corrected chi connectivity index (χ2v) is 7.12. The number of carbonyl (C=O) groups is 1. The summed E-state index contributed by atoms with van der Waals surface area (Å²) in [5, 5.41) is 6.01. The van der Waals surface area contributed by atoms with Crippen molar-refractivity contribution >= 4 is 39.1 Å². The predicted molar refractivity (Wildman–Crippen MR) is 97.1 cm³/mol. The summed E-state index contributed by atoms with van der Waals surface area (Å²) in [6, 6.07) is 7.32. The van der Waals surface area contributed by atoms with E-state index in [2.05, 4.69) is 5.10 Å². The van der Waals surface area contributed by atoms with Gasteiger partial charge in [-0.2, -0.15) is 5.10 Å². The fourth-order valence-corrected chi connectivity index (χ4v) is 4.01. The molecule has 0 N–H and O–H groups in total. The zero-order chi connectivity index (χ0) is 17.4. The van der Waals surface area contributed by atoms with Crippen LogP contribution in [0.3, 0.4) is 0 Å². The number of halogens is 1. The van der Waals surface area contributed by atoms with Crippen LogP contribution in [0.15, 0.2) is 24.3 Å². The molecule has 2 aromatic heterocycles. The van der Waals surface area contributed by atoms with Gasteiger partial charge >= 0.3 is 0 Å². The van der Waals surface area contributed by atoms with Gasteiger partial charge < -0.3 is 9.64 Å². The van der Waals surface area contributed by atoms with Gasteiger partial charge in [0.15, 0.2) is 0 Å². The van der Waals surface area contributed by atoms with Crippen LogP contribution in [0.1, 0.15) is 20.9 Å². The Morgan fingerprint density at radius 1 is 1.42 bits per heavy atom. The van der Waals surface area contributed by atoms with Gasteiger partial charge in [-0.3, -0.25) is 9.48 Å². The minimum atomic E-state index is -0.0300. The molecule has 2 heterocycles. The van der Waals surface area contributed by atoms with E-state index in [9.17, 15) is 4.79 Å². The van der Waals surface area contributed by atoms with E-state index in [1.165, 1.54) is 11.3 Å². The summed E-state index contributed by atoms with van der Waals surface area (Å²) >= 11 is 7.52. The minimum Gasteiger partial charge on any atom is -0.496 e. The number of methoxy groups -OCH3 is 1. The van der Waals surface area contributed by atoms with E-state index in [0.717, 1.165) is 27.2 Å². The number of amides is 1. The molecule has 1 aromatic carbocycles. The number of hydrogen-bond donors (Lipinski definition) is 0. The van der Waals surface area contributed by atoms with E-state index in [1.54, 1.807) is 25.1 Å². The molecule has 7 heteroatoms. The largest absolute Gasteiger partial charge is 0.496 e. The highest BCUT2D eigenvalue weighted by Crippen LogP contribution is 2.29. The van der Waals surface area contributed by atoms with Crippen LogP contribution in [-0.4, -0.2) is 34.7 Å². The zero-order valence-electron chi connectivity index (χ0n) is 14.0. The highest BCUT2D eigenvalue weighted by atomic mass is 35.5. The van der Waals surface area contributed by atoms with Crippen LogP contribution in [0.25, 0.3) is 10.2 Å². The van der Waals surface area contributed by atoms with Crippen molar-refractivity contribution in [2.45, 2.75) is 13.5 Å². The zero-order valence-corrected chi connectivity index (χ0v) is 15.5. The van der Waals surface area contributed by atoms with Gasteiger partial charge in [-0.1, -0.05) is 11.6 Å². The average molecular weight is 364 g/mol. The third-order valence-corrected chi connectivity index (χ3v) is 5.33. The lowest BCUT2D eigenvalue weighted by atomic mass is 10.2. The second kappa shape index (κ2) is 6.45. The molecule has 0 atom stereocenters. The van der Waals surface area contributed by atoms with Gasteiger partial charge in [0.25, 0.3) is 5.91 Å². The Morgan fingerprint density at radius 2 is 2.17 bits per heavy atom. The molecule has 0 aliphatic heterocycles. The van der Waals surface area contributed by atoms with Crippen LogP contribution in [-0.2, 0) is 13.6 Å². The third kappa shape index (κ3) is 2.99. The molecule has 3 aromatic rings. The van der Waals surface area contributed by atoms with Gasteiger partial charge in [-0.25, -0.2) is 0 Å². The Bertz CT molecular complexity index is 882. The topological polar surface area (TPSA) is 47.4 Å². The molecule has 5 nitrogen and oxygen atoms in total. The Hall–Kier alpha value is -2.05. The van der Waals surface area contributed by atoms with E-state index < -0.39 is 0 Å². The van der Waals surface area contributed by atoms with E-state index in [0.29, 0.717) is 16.4 Å². The fourth-order valence-electron chi connectivity index (χ4n) is 2.70. The van der Waals surface area contributed by atoms with Crippen molar-refractivity contribution < 1.29 is 9.53 Å². The monoisotopic (exact) mass is 363 g/mol. The highest BCUT2D eigenvalue weighted by molar-refractivity contribution is 7.20. The van der Waals surface area contributed by atoms with E-state index in [-0.39, 0.29) is 5.91 Å². The van der Waals surface area contributed by atoms with Gasteiger partial charge in [-0.05, 0) is 31.2 Å². The normalized spacial score (nSPS) is 11.0. The number of benzene rings is 1. The number of ether oxygens (including phenoxy) is 1. The SMILES string of the molecule is COc1ccc(Cl)cc1CN(C)C(=O)c1cc2c(C)nn(C)c2s1. The molecule has 0 fully saturated rings. The molecule has 0 unspecified atom stereocenters. The lowest BCUT2D eigenvalue weighted by Crippen LogP contribution is -2.25. The molecule has 1 amide bonds. The van der Waals surface area contributed by atoms with Gasteiger partial charge in [0.2, 0.25) is 0 Å². The van der Waals surface area contributed by atoms with E-state index >= 15 is 0 Å². The van der Waals surface area contributed by atoms with Crippen LogP contribution < -0.4 is 4.74 Å². The molecule has 0 aliphatic rings. The number of thiophene rings is 1. The summed E-state index contributed by atoms with van der Waals surface area (Å²) in [6.07, 6.45) is 0. The number of aromatic nitrogens is 2. The molecule has 24 heavy (non-hydrogen) atoms. The fraction of sp³-hybridized carbons (Fsp3) is 0.294. The van der Waals surface area contributed by atoms with Crippen molar-refractivity contribution in [2.75, 3.05) is 14.2 Å². The molecule has 0 saturated heterocycles.